The molecular formula is C18H28Na2O5S2. The minimum Gasteiger partial charge on any atom is -0.780 e. The maximum absolute atomic E-state index is 12.2. The van der Waals surface area contributed by atoms with E-state index in [2.05, 4.69) is 44.9 Å². The normalized spacial score (nSPS) is 11.3. The molecule has 0 radical (unpaired) electrons. The molecule has 144 valence electrons. The minimum absolute atomic E-state index is 0. The van der Waals surface area contributed by atoms with Gasteiger partial charge in [0.1, 0.15) is 5.75 Å². The van der Waals surface area contributed by atoms with Crippen LogP contribution in [0.5, 0.6) is 5.75 Å². The molecular weight excluding hydrogens is 406 g/mol. The van der Waals surface area contributed by atoms with Gasteiger partial charge < -0.3 is 13.8 Å². The molecule has 0 atom stereocenters. The van der Waals surface area contributed by atoms with Crippen molar-refractivity contribution in [2.75, 3.05) is 0 Å². The van der Waals surface area contributed by atoms with Crippen molar-refractivity contribution in [2.24, 2.45) is 5.41 Å². The molecule has 9 heteroatoms. The van der Waals surface area contributed by atoms with Crippen LogP contribution in [0.3, 0.4) is 0 Å². The summed E-state index contributed by atoms with van der Waals surface area (Å²) in [6, 6.07) is 4.13. The Kier molecular flexibility index (Phi) is 15.3. The van der Waals surface area contributed by atoms with Gasteiger partial charge >= 0.3 is 65.1 Å². The Morgan fingerprint density at radius 3 is 1.85 bits per heavy atom. The van der Waals surface area contributed by atoms with Crippen molar-refractivity contribution in [3.05, 3.63) is 28.8 Å². The van der Waals surface area contributed by atoms with Gasteiger partial charge in [-0.3, -0.25) is 9.00 Å². The first-order valence-corrected chi connectivity index (χ1v) is 10.3. The third-order valence-electron chi connectivity index (χ3n) is 3.82. The van der Waals surface area contributed by atoms with Crippen molar-refractivity contribution >= 4 is 26.2 Å². The summed E-state index contributed by atoms with van der Waals surface area (Å²) < 4.78 is 32.4. The largest absolute Gasteiger partial charge is 1.00 e. The number of carbonyl (C=O) groups excluding carboxylic acids is 1. The molecule has 0 fully saturated rings. The zero-order chi connectivity index (χ0) is 20.2. The van der Waals surface area contributed by atoms with Gasteiger partial charge in [-0.25, -0.2) is 0 Å². The molecule has 0 amide bonds. The van der Waals surface area contributed by atoms with Gasteiger partial charge in [-0.05, 0) is 74.8 Å². The summed E-state index contributed by atoms with van der Waals surface area (Å²) in [6.07, 6.45) is 0.997. The number of ether oxygens (including phenoxy) is 1. The predicted octanol–water partition coefficient (Wildman–Crippen LogP) is -2.06. The van der Waals surface area contributed by atoms with Crippen LogP contribution in [0.2, 0.25) is 0 Å². The smallest absolute Gasteiger partial charge is 0.780 e. The SMILES string of the molecule is CCC(C)(C)c1c(C)cc(C)cc1OC(=O)C(C)(C)C.O=S([O-])([O-])=S.[Na+].[Na+]. The van der Waals surface area contributed by atoms with E-state index >= 15 is 0 Å². The van der Waals surface area contributed by atoms with Crippen LogP contribution in [0.25, 0.3) is 0 Å². The van der Waals surface area contributed by atoms with Gasteiger partial charge in [0.05, 0.1) is 5.41 Å². The molecule has 1 rings (SSSR count). The molecule has 0 aliphatic heterocycles. The van der Waals surface area contributed by atoms with Crippen molar-refractivity contribution in [1.82, 2.24) is 0 Å². The molecule has 27 heavy (non-hydrogen) atoms. The summed E-state index contributed by atoms with van der Waals surface area (Å²) in [5, 5.41) is 0. The zero-order valence-corrected chi connectivity index (χ0v) is 23.9. The van der Waals surface area contributed by atoms with Crippen molar-refractivity contribution in [1.29, 1.82) is 0 Å². The van der Waals surface area contributed by atoms with Gasteiger partial charge in [-0.2, -0.15) is 0 Å². The Hall–Kier alpha value is 0.980. The Morgan fingerprint density at radius 1 is 1.11 bits per heavy atom. The molecule has 0 aromatic heterocycles. The number of carbonyl (C=O) groups is 1. The van der Waals surface area contributed by atoms with Crippen LogP contribution in [0.1, 0.15) is 64.7 Å². The molecule has 0 saturated carbocycles. The minimum atomic E-state index is -4.33. The molecule has 1 aromatic carbocycles. The summed E-state index contributed by atoms with van der Waals surface area (Å²) in [5.74, 6) is 0.532. The van der Waals surface area contributed by atoms with Gasteiger partial charge in [-0.1, -0.05) is 26.8 Å². The first-order chi connectivity index (χ1) is 11.0. The fraction of sp³-hybridized carbons (Fsp3) is 0.611. The fourth-order valence-electron chi connectivity index (χ4n) is 2.31. The molecule has 0 bridgehead atoms. The number of esters is 1. The Labute approximate surface area is 213 Å². The van der Waals surface area contributed by atoms with E-state index in [9.17, 15) is 4.79 Å². The van der Waals surface area contributed by atoms with Gasteiger partial charge in [-0.15, -0.1) is 9.05 Å². The van der Waals surface area contributed by atoms with Gasteiger partial charge in [0.25, 0.3) is 0 Å². The van der Waals surface area contributed by atoms with Gasteiger partial charge in [0.15, 0.2) is 0 Å². The van der Waals surface area contributed by atoms with Crippen LogP contribution in [0, 0.1) is 19.3 Å². The maximum atomic E-state index is 12.2. The molecule has 1 aromatic rings. The van der Waals surface area contributed by atoms with Crippen molar-refractivity contribution < 1.29 is 82.0 Å². The fourth-order valence-corrected chi connectivity index (χ4v) is 2.31. The Bertz CT molecular complexity index is 716. The quantitative estimate of drug-likeness (QED) is 0.309. The molecule has 0 spiro atoms. The van der Waals surface area contributed by atoms with E-state index in [1.165, 1.54) is 5.56 Å². The molecule has 0 saturated heterocycles. The van der Waals surface area contributed by atoms with E-state index in [1.807, 2.05) is 33.8 Å². The van der Waals surface area contributed by atoms with Crippen LogP contribution in [0.15, 0.2) is 12.1 Å². The Balaban J connectivity index is -0.000000729. The average molecular weight is 435 g/mol. The van der Waals surface area contributed by atoms with E-state index in [1.54, 1.807) is 0 Å². The van der Waals surface area contributed by atoms with Crippen molar-refractivity contribution in [3.8, 4) is 5.75 Å². The third-order valence-corrected chi connectivity index (χ3v) is 3.82. The number of rotatable bonds is 3. The molecule has 0 heterocycles. The number of aryl methyl sites for hydroxylation is 2. The summed E-state index contributed by atoms with van der Waals surface area (Å²) >= 11 is 3.24. The topological polar surface area (TPSA) is 89.5 Å². The number of hydrogen-bond donors (Lipinski definition) is 0. The summed E-state index contributed by atoms with van der Waals surface area (Å²) in [4.78, 5) is 12.2. The average Bonchev–Trinajstić information content (AvgIpc) is 2.34. The van der Waals surface area contributed by atoms with E-state index in [0.717, 1.165) is 17.5 Å². The van der Waals surface area contributed by atoms with Gasteiger partial charge in [0, 0.05) is 5.56 Å². The molecule has 0 N–H and O–H groups in total. The second-order valence-electron chi connectivity index (χ2n) is 7.74. The molecule has 0 unspecified atom stereocenters. The first-order valence-electron chi connectivity index (χ1n) is 7.99. The van der Waals surface area contributed by atoms with Crippen LogP contribution in [0.4, 0.5) is 0 Å². The molecule has 0 aliphatic rings. The van der Waals surface area contributed by atoms with Crippen molar-refractivity contribution in [3.63, 3.8) is 0 Å². The Morgan fingerprint density at radius 2 is 1.52 bits per heavy atom. The first kappa shape index (κ1) is 32.6. The van der Waals surface area contributed by atoms with Crippen LogP contribution in [-0.2, 0) is 30.5 Å². The van der Waals surface area contributed by atoms with Gasteiger partial charge in [0.2, 0.25) is 0 Å². The summed E-state index contributed by atoms with van der Waals surface area (Å²) in [7, 11) is -4.33. The third kappa shape index (κ3) is 13.0. The van der Waals surface area contributed by atoms with E-state index in [-0.39, 0.29) is 70.5 Å². The molecule has 5 nitrogen and oxygen atoms in total. The second kappa shape index (κ2) is 12.6. The van der Waals surface area contributed by atoms with Crippen LogP contribution in [-0.4, -0.2) is 19.3 Å². The van der Waals surface area contributed by atoms with Crippen LogP contribution < -0.4 is 63.9 Å². The number of hydrogen-bond acceptors (Lipinski definition) is 6. The predicted molar refractivity (Wildman–Crippen MR) is 101 cm³/mol. The summed E-state index contributed by atoms with van der Waals surface area (Å²) in [5.41, 5.74) is 2.95. The zero-order valence-electron chi connectivity index (χ0n) is 18.2. The van der Waals surface area contributed by atoms with E-state index < -0.39 is 14.5 Å². The monoisotopic (exact) mass is 434 g/mol. The standard InChI is InChI=1S/C18H28O2.2Na.H2O3S2/c1-9-18(7,8)15-13(3)10-12(2)11-14(15)20-16(19)17(4,5)6;;;1-5(2,3)4/h10-11H,9H2,1-8H3;;;(H2,1,2,3,4)/q;2*+1;/p-2. The van der Waals surface area contributed by atoms with E-state index in [0.29, 0.717) is 5.75 Å². The maximum Gasteiger partial charge on any atom is 1.00 e. The van der Waals surface area contributed by atoms with Crippen LogP contribution >= 0.6 is 0 Å². The molecule has 0 aliphatic carbocycles. The second-order valence-corrected chi connectivity index (χ2v) is 9.78. The van der Waals surface area contributed by atoms with Crippen molar-refractivity contribution in [2.45, 2.75) is 67.2 Å². The number of benzene rings is 1. The van der Waals surface area contributed by atoms with E-state index in [4.69, 9.17) is 18.1 Å². The summed E-state index contributed by atoms with van der Waals surface area (Å²) in [6.45, 7) is 16.3.